The van der Waals surface area contributed by atoms with Crippen LogP contribution < -0.4 is 0 Å². The number of rotatable bonds is 20. The summed E-state index contributed by atoms with van der Waals surface area (Å²) >= 11 is 0. The first kappa shape index (κ1) is 27.3. The van der Waals surface area contributed by atoms with E-state index in [0.29, 0.717) is 19.6 Å². The van der Waals surface area contributed by atoms with Crippen LogP contribution in [0.3, 0.4) is 0 Å². The number of ether oxygens (including phenoxy) is 1. The van der Waals surface area contributed by atoms with E-state index in [0.717, 1.165) is 83.5 Å². The largest absolute Gasteiger partial charge is 0.466 e. The van der Waals surface area contributed by atoms with Crippen LogP contribution in [-0.4, -0.2) is 72.3 Å². The maximum absolute atomic E-state index is 11.6. The Labute approximate surface area is 172 Å². The van der Waals surface area contributed by atoms with E-state index in [9.17, 15) is 9.90 Å². The van der Waals surface area contributed by atoms with Crippen molar-refractivity contribution in [2.45, 2.75) is 95.5 Å². The maximum Gasteiger partial charge on any atom is 0.307 e. The first-order valence-electron chi connectivity index (χ1n) is 11.2. The molecule has 0 aliphatic rings. The van der Waals surface area contributed by atoms with Crippen molar-refractivity contribution in [1.29, 1.82) is 0 Å². The standard InChI is InChI=1S/C22H45NO5/c1-23(2)17-13-21(26)28-20-12-9-16-22(27,14-7-3-5-10-18-24)15-8-4-6-11-19-25/h24-25,27H,3-20H2,1-2H3. The minimum atomic E-state index is -0.645. The molecule has 0 aromatic carbocycles. The highest BCUT2D eigenvalue weighted by atomic mass is 16.5. The Morgan fingerprint density at radius 1 is 0.786 bits per heavy atom. The third-order valence-corrected chi connectivity index (χ3v) is 5.16. The van der Waals surface area contributed by atoms with E-state index in [2.05, 4.69) is 0 Å². The van der Waals surface area contributed by atoms with E-state index in [-0.39, 0.29) is 19.2 Å². The second-order valence-corrected chi connectivity index (χ2v) is 8.23. The fourth-order valence-electron chi connectivity index (χ4n) is 3.34. The van der Waals surface area contributed by atoms with Gasteiger partial charge in [-0.25, -0.2) is 0 Å². The summed E-state index contributed by atoms with van der Waals surface area (Å²) in [6, 6.07) is 0. The zero-order chi connectivity index (χ0) is 21.1. The quantitative estimate of drug-likeness (QED) is 0.213. The number of esters is 1. The molecule has 0 rings (SSSR count). The molecule has 0 unspecified atom stereocenters. The summed E-state index contributed by atoms with van der Waals surface area (Å²) in [7, 11) is 3.86. The number of hydrogen-bond acceptors (Lipinski definition) is 6. The van der Waals surface area contributed by atoms with Crippen LogP contribution in [0.4, 0.5) is 0 Å². The molecule has 168 valence electrons. The molecule has 0 saturated carbocycles. The van der Waals surface area contributed by atoms with Crippen molar-refractivity contribution in [3.63, 3.8) is 0 Å². The molecule has 0 radical (unpaired) electrons. The lowest BCUT2D eigenvalue weighted by Crippen LogP contribution is -2.28. The van der Waals surface area contributed by atoms with Gasteiger partial charge in [0.1, 0.15) is 0 Å². The number of aliphatic hydroxyl groups excluding tert-OH is 2. The van der Waals surface area contributed by atoms with E-state index in [1.165, 1.54) is 0 Å². The zero-order valence-corrected chi connectivity index (χ0v) is 18.3. The Bertz CT molecular complexity index is 349. The smallest absolute Gasteiger partial charge is 0.307 e. The topological polar surface area (TPSA) is 90.2 Å². The number of carbonyl (C=O) groups is 1. The Hall–Kier alpha value is -0.690. The number of unbranched alkanes of at least 4 members (excludes halogenated alkanes) is 7. The molecule has 0 heterocycles. The average Bonchev–Trinajstić information content (AvgIpc) is 2.66. The molecule has 6 heteroatoms. The first-order chi connectivity index (χ1) is 13.4. The molecule has 0 aliphatic heterocycles. The lowest BCUT2D eigenvalue weighted by Gasteiger charge is -2.28. The molecule has 0 bridgehead atoms. The molecule has 0 aliphatic carbocycles. The second-order valence-electron chi connectivity index (χ2n) is 8.23. The molecule has 0 atom stereocenters. The van der Waals surface area contributed by atoms with Crippen molar-refractivity contribution >= 4 is 5.97 Å². The van der Waals surface area contributed by atoms with Gasteiger partial charge in [0.2, 0.25) is 0 Å². The van der Waals surface area contributed by atoms with Gasteiger partial charge in [-0.3, -0.25) is 4.79 Å². The van der Waals surface area contributed by atoms with Gasteiger partial charge in [-0.05, 0) is 59.0 Å². The summed E-state index contributed by atoms with van der Waals surface area (Å²) < 4.78 is 5.26. The normalized spacial score (nSPS) is 11.9. The first-order valence-corrected chi connectivity index (χ1v) is 11.2. The minimum Gasteiger partial charge on any atom is -0.466 e. The number of aliphatic hydroxyl groups is 3. The summed E-state index contributed by atoms with van der Waals surface area (Å²) in [5.74, 6) is -0.156. The highest BCUT2D eigenvalue weighted by molar-refractivity contribution is 5.69. The van der Waals surface area contributed by atoms with Gasteiger partial charge >= 0.3 is 5.97 Å². The minimum absolute atomic E-state index is 0.156. The van der Waals surface area contributed by atoms with Crippen LogP contribution in [0.1, 0.15) is 89.9 Å². The molecule has 0 spiro atoms. The molecule has 6 nitrogen and oxygen atoms in total. The molecule has 0 saturated heterocycles. The maximum atomic E-state index is 11.6. The SMILES string of the molecule is CN(C)CCC(=O)OCCCCC(O)(CCCCCCO)CCCCCCO. The molecule has 0 aromatic rings. The Kier molecular flexibility index (Phi) is 17.9. The van der Waals surface area contributed by atoms with Gasteiger partial charge in [-0.2, -0.15) is 0 Å². The number of hydrogen-bond donors (Lipinski definition) is 3. The Balaban J connectivity index is 4.10. The van der Waals surface area contributed by atoms with E-state index < -0.39 is 5.60 Å². The third kappa shape index (κ3) is 17.4. The Morgan fingerprint density at radius 3 is 1.71 bits per heavy atom. The van der Waals surface area contributed by atoms with Crippen LogP contribution in [0.5, 0.6) is 0 Å². The lowest BCUT2D eigenvalue weighted by molar-refractivity contribution is -0.144. The molecule has 0 fully saturated rings. The van der Waals surface area contributed by atoms with Crippen LogP contribution in [-0.2, 0) is 9.53 Å². The van der Waals surface area contributed by atoms with Crippen molar-refractivity contribution in [3.8, 4) is 0 Å². The Morgan fingerprint density at radius 2 is 1.25 bits per heavy atom. The second kappa shape index (κ2) is 18.3. The highest BCUT2D eigenvalue weighted by Gasteiger charge is 2.25. The van der Waals surface area contributed by atoms with Gasteiger partial charge in [-0.1, -0.05) is 38.5 Å². The molecular weight excluding hydrogens is 358 g/mol. The predicted octanol–water partition coefficient (Wildman–Crippen LogP) is 3.27. The molecular formula is C22H45NO5. The van der Waals surface area contributed by atoms with Crippen LogP contribution in [0.2, 0.25) is 0 Å². The summed E-state index contributed by atoms with van der Waals surface area (Å²) in [6.45, 7) is 1.60. The van der Waals surface area contributed by atoms with Crippen molar-refractivity contribution in [3.05, 3.63) is 0 Å². The van der Waals surface area contributed by atoms with Gasteiger partial charge in [0.25, 0.3) is 0 Å². The van der Waals surface area contributed by atoms with Crippen LogP contribution in [0.25, 0.3) is 0 Å². The van der Waals surface area contributed by atoms with Crippen LogP contribution >= 0.6 is 0 Å². The van der Waals surface area contributed by atoms with E-state index in [1.54, 1.807) is 0 Å². The summed E-state index contributed by atoms with van der Waals surface area (Å²) in [6.07, 6.45) is 12.1. The average molecular weight is 404 g/mol. The van der Waals surface area contributed by atoms with Crippen molar-refractivity contribution in [2.75, 3.05) is 40.5 Å². The van der Waals surface area contributed by atoms with Gasteiger partial charge in [0, 0.05) is 19.8 Å². The van der Waals surface area contributed by atoms with Gasteiger partial charge in [-0.15, -0.1) is 0 Å². The monoisotopic (exact) mass is 403 g/mol. The van der Waals surface area contributed by atoms with Crippen molar-refractivity contribution < 1.29 is 24.9 Å². The zero-order valence-electron chi connectivity index (χ0n) is 18.3. The fraction of sp³-hybridized carbons (Fsp3) is 0.955. The van der Waals surface area contributed by atoms with Gasteiger partial charge in [0.05, 0.1) is 18.6 Å². The molecule has 28 heavy (non-hydrogen) atoms. The van der Waals surface area contributed by atoms with Crippen LogP contribution in [0.15, 0.2) is 0 Å². The highest BCUT2D eigenvalue weighted by Crippen LogP contribution is 2.28. The molecule has 3 N–H and O–H groups in total. The van der Waals surface area contributed by atoms with Crippen molar-refractivity contribution in [1.82, 2.24) is 4.90 Å². The molecule has 0 aromatic heterocycles. The van der Waals surface area contributed by atoms with Gasteiger partial charge < -0.3 is 25.0 Å². The summed E-state index contributed by atoms with van der Waals surface area (Å²) in [4.78, 5) is 13.6. The van der Waals surface area contributed by atoms with Crippen molar-refractivity contribution in [2.24, 2.45) is 0 Å². The molecule has 0 amide bonds. The lowest BCUT2D eigenvalue weighted by atomic mass is 9.85. The van der Waals surface area contributed by atoms with E-state index in [4.69, 9.17) is 14.9 Å². The number of nitrogens with zero attached hydrogens (tertiary/aromatic N) is 1. The van der Waals surface area contributed by atoms with Gasteiger partial charge in [0.15, 0.2) is 0 Å². The summed E-state index contributed by atoms with van der Waals surface area (Å²) in [5.41, 5.74) is -0.645. The van der Waals surface area contributed by atoms with E-state index in [1.807, 2.05) is 19.0 Å². The number of carbonyl (C=O) groups excluding carboxylic acids is 1. The fourth-order valence-corrected chi connectivity index (χ4v) is 3.34. The third-order valence-electron chi connectivity index (χ3n) is 5.16. The summed E-state index contributed by atoms with van der Waals surface area (Å²) in [5, 5.41) is 28.8. The van der Waals surface area contributed by atoms with E-state index >= 15 is 0 Å². The predicted molar refractivity (Wildman–Crippen MR) is 113 cm³/mol. The van der Waals surface area contributed by atoms with Crippen LogP contribution in [0, 0.1) is 0 Å².